The lowest BCUT2D eigenvalue weighted by Crippen LogP contribution is -2.22. The third-order valence-electron chi connectivity index (χ3n) is 4.71. The Labute approximate surface area is 192 Å². The van der Waals surface area contributed by atoms with Gasteiger partial charge in [0.1, 0.15) is 18.3 Å². The van der Waals surface area contributed by atoms with Crippen LogP contribution in [0.2, 0.25) is 25.7 Å². The zero-order valence-electron chi connectivity index (χ0n) is 18.5. The van der Waals surface area contributed by atoms with Gasteiger partial charge in [-0.25, -0.2) is 4.39 Å². The van der Waals surface area contributed by atoms with Crippen molar-refractivity contribution >= 4 is 24.0 Å². The van der Waals surface area contributed by atoms with Crippen molar-refractivity contribution in [1.82, 2.24) is 19.7 Å². The molecule has 0 fully saturated rings. The van der Waals surface area contributed by atoms with Crippen LogP contribution in [0.4, 0.5) is 4.39 Å². The minimum atomic E-state index is -1.19. The molecule has 9 heteroatoms. The van der Waals surface area contributed by atoms with Crippen LogP contribution in [0.15, 0.2) is 41.4 Å². The molecular formula is C22H28BrFN4O2Si. The smallest absolute Gasteiger partial charge is 0.323 e. The molecule has 2 heterocycles. The number of aromatic nitrogens is 4. The highest BCUT2D eigenvalue weighted by Gasteiger charge is 2.21. The van der Waals surface area contributed by atoms with Crippen molar-refractivity contribution in [2.75, 3.05) is 6.61 Å². The summed E-state index contributed by atoms with van der Waals surface area (Å²) in [5, 5.41) is 4.33. The van der Waals surface area contributed by atoms with E-state index in [0.717, 1.165) is 17.2 Å². The van der Waals surface area contributed by atoms with E-state index in [4.69, 9.17) is 9.47 Å². The van der Waals surface area contributed by atoms with Gasteiger partial charge in [-0.05, 0) is 57.7 Å². The van der Waals surface area contributed by atoms with E-state index in [2.05, 4.69) is 50.6 Å². The van der Waals surface area contributed by atoms with Crippen molar-refractivity contribution in [3.63, 3.8) is 0 Å². The predicted molar refractivity (Wildman–Crippen MR) is 126 cm³/mol. The maximum absolute atomic E-state index is 14.4. The average molecular weight is 507 g/mol. The monoisotopic (exact) mass is 506 g/mol. The average Bonchev–Trinajstić information content (AvgIpc) is 3.05. The highest BCUT2D eigenvalue weighted by atomic mass is 79.9. The van der Waals surface area contributed by atoms with Gasteiger partial charge < -0.3 is 9.47 Å². The quantitative estimate of drug-likeness (QED) is 0.245. The zero-order valence-corrected chi connectivity index (χ0v) is 21.1. The Hall–Kier alpha value is -2.10. The van der Waals surface area contributed by atoms with E-state index in [9.17, 15) is 4.39 Å². The molecule has 0 aliphatic rings. The topological polar surface area (TPSA) is 62.1 Å². The lowest BCUT2D eigenvalue weighted by atomic mass is 9.95. The molecule has 2 aromatic heterocycles. The third-order valence-corrected chi connectivity index (χ3v) is 6.75. The molecule has 0 unspecified atom stereocenters. The van der Waals surface area contributed by atoms with Crippen molar-refractivity contribution < 1.29 is 13.9 Å². The molecule has 1 aromatic carbocycles. The number of halogens is 2. The minimum Gasteiger partial charge on any atom is -0.423 e. The van der Waals surface area contributed by atoms with Crippen molar-refractivity contribution in [3.05, 3.63) is 52.8 Å². The van der Waals surface area contributed by atoms with E-state index in [1.165, 1.54) is 12.1 Å². The van der Waals surface area contributed by atoms with Gasteiger partial charge in [0, 0.05) is 38.2 Å². The molecule has 166 valence electrons. The number of ether oxygens (including phenoxy) is 2. The molecule has 0 aliphatic carbocycles. The van der Waals surface area contributed by atoms with E-state index in [1.807, 2.05) is 26.0 Å². The van der Waals surface area contributed by atoms with Gasteiger partial charge in [-0.3, -0.25) is 4.98 Å². The zero-order chi connectivity index (χ0) is 22.6. The second kappa shape index (κ2) is 10.0. The lowest BCUT2D eigenvalue weighted by molar-refractivity contribution is 0.0727. The molecule has 0 aliphatic heterocycles. The molecule has 6 nitrogen and oxygen atoms in total. The number of hydrogen-bond donors (Lipinski definition) is 0. The van der Waals surface area contributed by atoms with E-state index >= 15 is 0 Å². The van der Waals surface area contributed by atoms with Crippen LogP contribution in [-0.4, -0.2) is 34.4 Å². The first kappa shape index (κ1) is 23.6. The van der Waals surface area contributed by atoms with Crippen molar-refractivity contribution in [1.29, 1.82) is 0 Å². The van der Waals surface area contributed by atoms with Crippen LogP contribution in [0.5, 0.6) is 11.8 Å². The normalized spacial score (nSPS) is 11.9. The number of pyridine rings is 1. The van der Waals surface area contributed by atoms with E-state index in [-0.39, 0.29) is 24.5 Å². The van der Waals surface area contributed by atoms with Crippen LogP contribution in [0.25, 0.3) is 11.1 Å². The van der Waals surface area contributed by atoms with Crippen molar-refractivity contribution in [2.24, 2.45) is 0 Å². The Morgan fingerprint density at radius 3 is 2.52 bits per heavy atom. The highest BCUT2D eigenvalue weighted by Crippen LogP contribution is 2.40. The molecule has 3 rings (SSSR count). The first-order chi connectivity index (χ1) is 14.6. The molecule has 0 bridgehead atoms. The van der Waals surface area contributed by atoms with Gasteiger partial charge in [0.25, 0.3) is 0 Å². The van der Waals surface area contributed by atoms with Crippen LogP contribution >= 0.6 is 15.9 Å². The largest absolute Gasteiger partial charge is 0.423 e. The summed E-state index contributed by atoms with van der Waals surface area (Å²) in [6.07, 6.45) is 3.34. The third kappa shape index (κ3) is 6.44. The Morgan fingerprint density at radius 1 is 1.16 bits per heavy atom. The molecule has 0 amide bonds. The molecular weight excluding hydrogens is 479 g/mol. The standard InChI is InChI=1S/C22H28BrFN4O2Si/c1-15(2)18-12-17(24)13-19(16-6-8-25-9-7-16)20(18)30-22-26-21(23)27-28(22)14-29-10-11-31(3,4)5/h6-9,12-13,15H,10-11,14H2,1-5H3. The number of hydrogen-bond acceptors (Lipinski definition) is 5. The minimum absolute atomic E-state index is 0.0408. The van der Waals surface area contributed by atoms with Crippen LogP contribution in [0.1, 0.15) is 25.3 Å². The molecule has 31 heavy (non-hydrogen) atoms. The van der Waals surface area contributed by atoms with Gasteiger partial charge >= 0.3 is 6.01 Å². The summed E-state index contributed by atoms with van der Waals surface area (Å²) in [7, 11) is -1.19. The van der Waals surface area contributed by atoms with Crippen LogP contribution in [0, 0.1) is 5.82 Å². The number of rotatable bonds is 9. The molecule has 0 radical (unpaired) electrons. The van der Waals surface area contributed by atoms with Crippen LogP contribution in [-0.2, 0) is 11.5 Å². The van der Waals surface area contributed by atoms with Gasteiger partial charge in [0.05, 0.1) is 0 Å². The highest BCUT2D eigenvalue weighted by molar-refractivity contribution is 9.10. The summed E-state index contributed by atoms with van der Waals surface area (Å²) >= 11 is 3.32. The van der Waals surface area contributed by atoms with E-state index < -0.39 is 8.07 Å². The Bertz CT molecular complexity index is 1020. The van der Waals surface area contributed by atoms with Crippen molar-refractivity contribution in [3.8, 4) is 22.9 Å². The second-order valence-corrected chi connectivity index (χ2v) is 15.2. The maximum Gasteiger partial charge on any atom is 0.323 e. The Morgan fingerprint density at radius 2 is 1.87 bits per heavy atom. The first-order valence-corrected chi connectivity index (χ1v) is 14.7. The van der Waals surface area contributed by atoms with Crippen LogP contribution < -0.4 is 4.74 Å². The molecule has 0 N–H and O–H groups in total. The molecule has 0 atom stereocenters. The molecule has 3 aromatic rings. The van der Waals surface area contributed by atoms with Gasteiger partial charge in [-0.1, -0.05) is 33.5 Å². The van der Waals surface area contributed by atoms with Crippen molar-refractivity contribution in [2.45, 2.75) is 52.2 Å². The summed E-state index contributed by atoms with van der Waals surface area (Å²) in [4.78, 5) is 8.42. The summed E-state index contributed by atoms with van der Waals surface area (Å²) in [6, 6.07) is 7.96. The lowest BCUT2D eigenvalue weighted by Gasteiger charge is -2.18. The summed E-state index contributed by atoms with van der Waals surface area (Å²) in [5.41, 5.74) is 2.19. The molecule has 0 spiro atoms. The van der Waals surface area contributed by atoms with Gasteiger partial charge in [-0.15, -0.1) is 5.10 Å². The van der Waals surface area contributed by atoms with Gasteiger partial charge in [0.15, 0.2) is 0 Å². The molecule has 0 saturated carbocycles. The number of benzene rings is 1. The van der Waals surface area contributed by atoms with Gasteiger partial charge in [-0.2, -0.15) is 9.67 Å². The van der Waals surface area contributed by atoms with Crippen LogP contribution in [0.3, 0.4) is 0 Å². The maximum atomic E-state index is 14.4. The summed E-state index contributed by atoms with van der Waals surface area (Å²) in [6.45, 7) is 11.8. The summed E-state index contributed by atoms with van der Waals surface area (Å²) < 4.78 is 28.5. The summed E-state index contributed by atoms with van der Waals surface area (Å²) in [5.74, 6) is 0.269. The Kier molecular flexibility index (Phi) is 7.61. The van der Waals surface area contributed by atoms with E-state index in [1.54, 1.807) is 17.1 Å². The predicted octanol–water partition coefficient (Wildman–Crippen LogP) is 6.47. The fourth-order valence-corrected chi connectivity index (χ4v) is 4.08. The second-order valence-electron chi connectivity index (χ2n) is 8.88. The first-order valence-electron chi connectivity index (χ1n) is 10.2. The van der Waals surface area contributed by atoms with E-state index in [0.29, 0.717) is 22.7 Å². The molecule has 0 saturated heterocycles. The SMILES string of the molecule is CC(C)c1cc(F)cc(-c2ccncc2)c1Oc1nc(Br)nn1COCC[Si](C)(C)C. The Balaban J connectivity index is 1.94. The number of nitrogens with zero attached hydrogens (tertiary/aromatic N) is 4. The fourth-order valence-electron chi connectivity index (χ4n) is 2.99. The fraction of sp³-hybridized carbons (Fsp3) is 0.409. The van der Waals surface area contributed by atoms with Gasteiger partial charge in [0.2, 0.25) is 4.73 Å².